The van der Waals surface area contributed by atoms with Crippen LogP contribution in [0.2, 0.25) is 0 Å². The summed E-state index contributed by atoms with van der Waals surface area (Å²) in [7, 11) is 0. The Bertz CT molecular complexity index is 1050. The molecule has 0 bridgehead atoms. The van der Waals surface area contributed by atoms with Crippen molar-refractivity contribution >= 4 is 11.4 Å². The van der Waals surface area contributed by atoms with E-state index in [2.05, 4.69) is 26.7 Å². The van der Waals surface area contributed by atoms with Crippen LogP contribution in [-0.2, 0) is 0 Å². The fourth-order valence-electron chi connectivity index (χ4n) is 3.40. The van der Waals surface area contributed by atoms with E-state index in [1.165, 1.54) is 22.9 Å². The van der Waals surface area contributed by atoms with Crippen molar-refractivity contribution < 1.29 is 4.79 Å². The van der Waals surface area contributed by atoms with Gasteiger partial charge in [0.25, 0.3) is 11.5 Å². The molecule has 4 rings (SSSR count). The summed E-state index contributed by atoms with van der Waals surface area (Å²) in [6.07, 6.45) is 9.45. The maximum absolute atomic E-state index is 12.5. The number of carbonyl (C=O) groups is 1. The van der Waals surface area contributed by atoms with Crippen LogP contribution in [0.3, 0.4) is 0 Å². The number of nitrogens with zero attached hydrogens (tertiary/aromatic N) is 3. The lowest BCUT2D eigenvalue weighted by Crippen LogP contribution is -2.27. The molecule has 0 atom stereocenters. The zero-order valence-electron chi connectivity index (χ0n) is 14.9. The number of benzene rings is 1. The van der Waals surface area contributed by atoms with Crippen LogP contribution in [0.1, 0.15) is 42.6 Å². The van der Waals surface area contributed by atoms with Gasteiger partial charge in [-0.2, -0.15) is 0 Å². The predicted molar refractivity (Wildman–Crippen MR) is 103 cm³/mol. The number of hydrogen-bond acceptors (Lipinski definition) is 4. The SMILES string of the molecule is O=C(NCCC1=CCCCC1)c1nnn2cc(-c3ccccc3)[nH]c(=O)c12. The fraction of sp³-hybridized carbons (Fsp3) is 0.300. The van der Waals surface area contributed by atoms with Crippen molar-refractivity contribution in [3.63, 3.8) is 0 Å². The lowest BCUT2D eigenvalue weighted by molar-refractivity contribution is 0.0950. The van der Waals surface area contributed by atoms with Crippen LogP contribution in [0.25, 0.3) is 16.8 Å². The van der Waals surface area contributed by atoms with Crippen LogP contribution in [0.15, 0.2) is 53.0 Å². The summed E-state index contributed by atoms with van der Waals surface area (Å²) < 4.78 is 1.36. The third-order valence-corrected chi connectivity index (χ3v) is 4.83. The zero-order chi connectivity index (χ0) is 18.6. The Kier molecular flexibility index (Phi) is 4.82. The highest BCUT2D eigenvalue weighted by Crippen LogP contribution is 2.19. The molecular weight excluding hydrogens is 342 g/mol. The van der Waals surface area contributed by atoms with Crippen LogP contribution in [0.4, 0.5) is 0 Å². The van der Waals surface area contributed by atoms with Gasteiger partial charge in [0.05, 0.1) is 11.9 Å². The normalized spacial score (nSPS) is 14.1. The minimum atomic E-state index is -0.388. The number of hydrogen-bond donors (Lipinski definition) is 2. The zero-order valence-corrected chi connectivity index (χ0v) is 14.9. The third kappa shape index (κ3) is 3.67. The van der Waals surface area contributed by atoms with Gasteiger partial charge in [-0.3, -0.25) is 9.59 Å². The number of H-pyrrole nitrogens is 1. The quantitative estimate of drug-likeness (QED) is 0.682. The molecule has 1 aliphatic carbocycles. The van der Waals surface area contributed by atoms with E-state index in [-0.39, 0.29) is 22.7 Å². The van der Waals surface area contributed by atoms with Crippen molar-refractivity contribution in [1.29, 1.82) is 0 Å². The molecular formula is C20H21N5O2. The molecule has 0 aliphatic heterocycles. The van der Waals surface area contributed by atoms with Gasteiger partial charge < -0.3 is 10.3 Å². The van der Waals surface area contributed by atoms with Gasteiger partial charge in [-0.05, 0) is 37.7 Å². The average Bonchev–Trinajstić information content (AvgIpc) is 3.14. The highest BCUT2D eigenvalue weighted by molar-refractivity contribution is 5.98. The molecule has 27 heavy (non-hydrogen) atoms. The van der Waals surface area contributed by atoms with Crippen molar-refractivity contribution in [2.24, 2.45) is 0 Å². The Balaban J connectivity index is 1.53. The lowest BCUT2D eigenvalue weighted by Gasteiger charge is -2.12. The van der Waals surface area contributed by atoms with Gasteiger partial charge in [0.1, 0.15) is 0 Å². The molecule has 1 aromatic carbocycles. The maximum Gasteiger partial charge on any atom is 0.276 e. The first-order chi connectivity index (χ1) is 13.2. The number of fused-ring (bicyclic) bond motifs is 1. The number of nitrogens with one attached hydrogen (secondary N) is 2. The largest absolute Gasteiger partial charge is 0.350 e. The van der Waals surface area contributed by atoms with Gasteiger partial charge >= 0.3 is 0 Å². The Morgan fingerprint density at radius 2 is 2.07 bits per heavy atom. The first-order valence-corrected chi connectivity index (χ1v) is 9.22. The van der Waals surface area contributed by atoms with Gasteiger partial charge in [-0.1, -0.05) is 47.2 Å². The first kappa shape index (κ1) is 17.2. The lowest BCUT2D eigenvalue weighted by atomic mass is 9.97. The number of carbonyl (C=O) groups excluding carboxylic acids is 1. The second-order valence-electron chi connectivity index (χ2n) is 6.71. The second-order valence-corrected chi connectivity index (χ2v) is 6.71. The molecule has 0 fully saturated rings. The predicted octanol–water partition coefficient (Wildman–Crippen LogP) is 2.70. The molecule has 0 saturated carbocycles. The molecule has 1 aliphatic rings. The number of amides is 1. The smallest absolute Gasteiger partial charge is 0.276 e. The van der Waals surface area contributed by atoms with E-state index in [0.29, 0.717) is 12.2 Å². The van der Waals surface area contributed by atoms with E-state index in [4.69, 9.17) is 0 Å². The molecule has 3 aromatic rings. The van der Waals surface area contributed by atoms with Gasteiger partial charge in [-0.25, -0.2) is 4.52 Å². The van der Waals surface area contributed by atoms with Gasteiger partial charge in [-0.15, -0.1) is 5.10 Å². The van der Waals surface area contributed by atoms with Crippen LogP contribution in [0.5, 0.6) is 0 Å². The van der Waals surface area contributed by atoms with E-state index in [1.54, 1.807) is 6.20 Å². The monoisotopic (exact) mass is 363 g/mol. The molecule has 7 nitrogen and oxygen atoms in total. The van der Waals surface area contributed by atoms with Crippen molar-refractivity contribution in [2.75, 3.05) is 6.54 Å². The number of allylic oxidation sites excluding steroid dienone is 1. The van der Waals surface area contributed by atoms with Crippen molar-refractivity contribution in [3.8, 4) is 11.3 Å². The van der Waals surface area contributed by atoms with Gasteiger partial charge in [0.15, 0.2) is 11.2 Å². The minimum absolute atomic E-state index is 0.0495. The topological polar surface area (TPSA) is 92.2 Å². The van der Waals surface area contributed by atoms with E-state index < -0.39 is 0 Å². The summed E-state index contributed by atoms with van der Waals surface area (Å²) in [5.41, 5.74) is 2.69. The van der Waals surface area contributed by atoms with Crippen LogP contribution >= 0.6 is 0 Å². The summed E-state index contributed by atoms with van der Waals surface area (Å²) in [5.74, 6) is -0.376. The summed E-state index contributed by atoms with van der Waals surface area (Å²) in [6, 6.07) is 9.46. The fourth-order valence-corrected chi connectivity index (χ4v) is 3.40. The Labute approximate surface area is 156 Å². The Morgan fingerprint density at radius 1 is 1.22 bits per heavy atom. The number of aromatic nitrogens is 4. The number of rotatable bonds is 5. The standard InChI is InChI=1S/C20H21N5O2/c26-19(21-12-11-14-7-3-1-4-8-14)17-18-20(27)22-16(13-25(18)24-23-17)15-9-5-2-6-10-15/h2,5-7,9-10,13H,1,3-4,8,11-12H2,(H,21,26)(H,22,27). The van der Waals surface area contributed by atoms with Crippen LogP contribution in [0, 0.1) is 0 Å². The molecule has 7 heteroatoms. The summed E-state index contributed by atoms with van der Waals surface area (Å²) in [5, 5.41) is 10.7. The van der Waals surface area contributed by atoms with E-state index >= 15 is 0 Å². The average molecular weight is 363 g/mol. The van der Waals surface area contributed by atoms with Crippen molar-refractivity contribution in [1.82, 2.24) is 25.1 Å². The second kappa shape index (κ2) is 7.57. The van der Waals surface area contributed by atoms with E-state index in [1.807, 2.05) is 30.3 Å². The summed E-state index contributed by atoms with van der Waals surface area (Å²) in [4.78, 5) is 27.8. The molecule has 1 amide bonds. The molecule has 2 N–H and O–H groups in total. The molecule has 2 heterocycles. The Hall–Kier alpha value is -3.22. The van der Waals surface area contributed by atoms with Crippen molar-refractivity contribution in [3.05, 3.63) is 64.2 Å². The van der Waals surface area contributed by atoms with Gasteiger partial charge in [0, 0.05) is 6.54 Å². The molecule has 0 saturated heterocycles. The highest BCUT2D eigenvalue weighted by Gasteiger charge is 2.18. The van der Waals surface area contributed by atoms with Crippen molar-refractivity contribution in [2.45, 2.75) is 32.1 Å². The summed E-state index contributed by atoms with van der Waals surface area (Å²) in [6.45, 7) is 0.531. The van der Waals surface area contributed by atoms with E-state index in [0.717, 1.165) is 24.8 Å². The summed E-state index contributed by atoms with van der Waals surface area (Å²) >= 11 is 0. The van der Waals surface area contributed by atoms with E-state index in [9.17, 15) is 9.59 Å². The Morgan fingerprint density at radius 3 is 2.85 bits per heavy atom. The molecule has 138 valence electrons. The van der Waals surface area contributed by atoms with Crippen LogP contribution < -0.4 is 10.9 Å². The number of aromatic amines is 1. The molecule has 0 radical (unpaired) electrons. The first-order valence-electron chi connectivity index (χ1n) is 9.22. The molecule has 2 aromatic heterocycles. The third-order valence-electron chi connectivity index (χ3n) is 4.83. The molecule has 0 unspecified atom stereocenters. The highest BCUT2D eigenvalue weighted by atomic mass is 16.2. The van der Waals surface area contributed by atoms with Crippen LogP contribution in [-0.4, -0.2) is 32.3 Å². The van der Waals surface area contributed by atoms with Gasteiger partial charge in [0.2, 0.25) is 0 Å². The molecule has 0 spiro atoms. The maximum atomic E-state index is 12.5. The minimum Gasteiger partial charge on any atom is -0.350 e.